The molecule has 0 radical (unpaired) electrons. The average Bonchev–Trinajstić information content (AvgIpc) is 2.84. The van der Waals surface area contributed by atoms with Gasteiger partial charge < -0.3 is 4.40 Å². The number of fused-ring (bicyclic) bond motifs is 1. The number of hydrogen-bond donors (Lipinski definition) is 0. The van der Waals surface area contributed by atoms with Gasteiger partial charge in [-0.15, -0.1) is 0 Å². The summed E-state index contributed by atoms with van der Waals surface area (Å²) in [5.74, 6) is 1.21. The summed E-state index contributed by atoms with van der Waals surface area (Å²) in [7, 11) is 0. The first kappa shape index (κ1) is 12.7. The molecule has 0 aromatic carbocycles. The van der Waals surface area contributed by atoms with Crippen LogP contribution in [-0.4, -0.2) is 26.9 Å². The first-order chi connectivity index (χ1) is 9.18. The molecule has 0 bridgehead atoms. The summed E-state index contributed by atoms with van der Waals surface area (Å²) in [6.07, 6.45) is 8.03. The van der Waals surface area contributed by atoms with Crippen molar-refractivity contribution in [1.82, 2.24) is 14.3 Å². The second-order valence-corrected chi connectivity index (χ2v) is 5.91. The van der Waals surface area contributed by atoms with Crippen LogP contribution >= 0.6 is 0 Å². The van der Waals surface area contributed by atoms with E-state index in [9.17, 15) is 0 Å². The summed E-state index contributed by atoms with van der Waals surface area (Å²) in [5, 5.41) is 0. The third kappa shape index (κ3) is 2.16. The lowest BCUT2D eigenvalue weighted by atomic mass is 10.00. The van der Waals surface area contributed by atoms with Crippen LogP contribution in [0.4, 0.5) is 0 Å². The monoisotopic (exact) mass is 257 g/mol. The Morgan fingerprint density at radius 1 is 1.32 bits per heavy atom. The second-order valence-electron chi connectivity index (χ2n) is 5.91. The number of hydrogen-bond acceptors (Lipinski definition) is 2. The molecule has 1 fully saturated rings. The molecule has 1 atom stereocenters. The minimum atomic E-state index is 0.470. The Labute approximate surface area is 115 Å². The highest BCUT2D eigenvalue weighted by Gasteiger charge is 2.28. The summed E-state index contributed by atoms with van der Waals surface area (Å²) in [6, 6.07) is 5.33. The van der Waals surface area contributed by atoms with E-state index >= 15 is 0 Å². The van der Waals surface area contributed by atoms with Crippen LogP contribution in [0.5, 0.6) is 0 Å². The highest BCUT2D eigenvalue weighted by atomic mass is 15.2. The lowest BCUT2D eigenvalue weighted by Crippen LogP contribution is -2.39. The van der Waals surface area contributed by atoms with E-state index in [1.807, 2.05) is 6.20 Å². The van der Waals surface area contributed by atoms with Crippen molar-refractivity contribution in [1.29, 1.82) is 0 Å². The quantitative estimate of drug-likeness (QED) is 0.819. The molecule has 0 spiro atoms. The van der Waals surface area contributed by atoms with Gasteiger partial charge in [0.15, 0.2) is 0 Å². The van der Waals surface area contributed by atoms with Crippen LogP contribution in [-0.2, 0) is 0 Å². The van der Waals surface area contributed by atoms with Crippen LogP contribution in [0.3, 0.4) is 0 Å². The fraction of sp³-hybridized carbons (Fsp3) is 0.562. The smallest absolute Gasteiger partial charge is 0.130 e. The van der Waals surface area contributed by atoms with Gasteiger partial charge in [0.2, 0.25) is 0 Å². The number of aryl methyl sites for hydroxylation is 1. The molecule has 1 aliphatic heterocycles. The molecule has 3 heterocycles. The molecular weight excluding hydrogens is 234 g/mol. The van der Waals surface area contributed by atoms with Crippen molar-refractivity contribution >= 4 is 5.52 Å². The SMILES string of the molecule is Cc1cccn2c(C3CCCCN3C(C)C)ncc12. The lowest BCUT2D eigenvalue weighted by molar-refractivity contribution is 0.106. The van der Waals surface area contributed by atoms with Gasteiger partial charge in [0.05, 0.1) is 17.8 Å². The van der Waals surface area contributed by atoms with Crippen LogP contribution < -0.4 is 0 Å². The highest BCUT2D eigenvalue weighted by molar-refractivity contribution is 5.53. The number of imidazole rings is 1. The maximum atomic E-state index is 4.73. The van der Waals surface area contributed by atoms with Crippen molar-refractivity contribution in [3.63, 3.8) is 0 Å². The zero-order valence-electron chi connectivity index (χ0n) is 12.1. The van der Waals surface area contributed by atoms with Crippen LogP contribution in [0, 0.1) is 6.92 Å². The molecule has 2 aromatic heterocycles. The third-order valence-electron chi connectivity index (χ3n) is 4.32. The maximum absolute atomic E-state index is 4.73. The van der Waals surface area contributed by atoms with Crippen molar-refractivity contribution < 1.29 is 0 Å². The summed E-state index contributed by atoms with van der Waals surface area (Å²) >= 11 is 0. The molecule has 19 heavy (non-hydrogen) atoms. The summed E-state index contributed by atoms with van der Waals surface area (Å²) < 4.78 is 2.28. The normalized spacial score (nSPS) is 21.4. The van der Waals surface area contributed by atoms with Gasteiger partial charge >= 0.3 is 0 Å². The lowest BCUT2D eigenvalue weighted by Gasteiger charge is -2.37. The van der Waals surface area contributed by atoms with Crippen LogP contribution in [0.1, 0.15) is 50.5 Å². The van der Waals surface area contributed by atoms with E-state index in [0.29, 0.717) is 12.1 Å². The molecular formula is C16H23N3. The van der Waals surface area contributed by atoms with Gasteiger partial charge in [-0.25, -0.2) is 4.98 Å². The Kier molecular flexibility index (Phi) is 3.31. The Morgan fingerprint density at radius 2 is 2.16 bits per heavy atom. The van der Waals surface area contributed by atoms with Crippen LogP contribution in [0.25, 0.3) is 5.52 Å². The predicted molar refractivity (Wildman–Crippen MR) is 78.4 cm³/mol. The maximum Gasteiger partial charge on any atom is 0.130 e. The molecule has 0 saturated carbocycles. The van der Waals surface area contributed by atoms with E-state index in [4.69, 9.17) is 4.98 Å². The number of nitrogens with zero attached hydrogens (tertiary/aromatic N) is 3. The van der Waals surface area contributed by atoms with Gasteiger partial charge in [-0.05, 0) is 51.8 Å². The molecule has 1 aliphatic rings. The van der Waals surface area contributed by atoms with Gasteiger partial charge in [0, 0.05) is 12.2 Å². The molecule has 1 saturated heterocycles. The van der Waals surface area contributed by atoms with Crippen LogP contribution in [0.15, 0.2) is 24.5 Å². The van der Waals surface area contributed by atoms with E-state index in [2.05, 4.69) is 48.4 Å². The van der Waals surface area contributed by atoms with Crippen molar-refractivity contribution in [3.8, 4) is 0 Å². The fourth-order valence-electron chi connectivity index (χ4n) is 3.28. The first-order valence-corrected chi connectivity index (χ1v) is 7.37. The molecule has 3 heteroatoms. The molecule has 1 unspecified atom stereocenters. The summed E-state index contributed by atoms with van der Waals surface area (Å²) in [6.45, 7) is 7.93. The van der Waals surface area contributed by atoms with Crippen molar-refractivity contribution in [2.24, 2.45) is 0 Å². The molecule has 0 aliphatic carbocycles. The fourth-order valence-corrected chi connectivity index (χ4v) is 3.28. The van der Waals surface area contributed by atoms with E-state index in [1.165, 1.54) is 42.7 Å². The minimum absolute atomic E-state index is 0.470. The van der Waals surface area contributed by atoms with Gasteiger partial charge in [-0.1, -0.05) is 12.5 Å². The van der Waals surface area contributed by atoms with E-state index in [-0.39, 0.29) is 0 Å². The molecule has 0 N–H and O–H groups in total. The zero-order chi connectivity index (χ0) is 13.4. The molecule has 3 nitrogen and oxygen atoms in total. The summed E-state index contributed by atoms with van der Waals surface area (Å²) in [5.41, 5.74) is 2.54. The highest BCUT2D eigenvalue weighted by Crippen LogP contribution is 2.32. The Bertz CT molecular complexity index is 570. The van der Waals surface area contributed by atoms with Crippen LogP contribution in [0.2, 0.25) is 0 Å². The molecule has 102 valence electrons. The predicted octanol–water partition coefficient (Wildman–Crippen LogP) is 3.58. The van der Waals surface area contributed by atoms with Gasteiger partial charge in [0.25, 0.3) is 0 Å². The van der Waals surface area contributed by atoms with Gasteiger partial charge in [-0.3, -0.25) is 4.90 Å². The zero-order valence-corrected chi connectivity index (χ0v) is 12.1. The number of aromatic nitrogens is 2. The number of piperidine rings is 1. The van der Waals surface area contributed by atoms with Crippen molar-refractivity contribution in [2.75, 3.05) is 6.54 Å². The average molecular weight is 257 g/mol. The summed E-state index contributed by atoms with van der Waals surface area (Å²) in [4.78, 5) is 7.33. The molecule has 0 amide bonds. The van der Waals surface area contributed by atoms with Gasteiger partial charge in [-0.2, -0.15) is 0 Å². The van der Waals surface area contributed by atoms with E-state index < -0.39 is 0 Å². The molecule has 3 rings (SSSR count). The Hall–Kier alpha value is -1.35. The number of pyridine rings is 1. The Balaban J connectivity index is 2.05. The van der Waals surface area contributed by atoms with Gasteiger partial charge in [0.1, 0.15) is 5.82 Å². The number of likely N-dealkylation sites (tertiary alicyclic amines) is 1. The van der Waals surface area contributed by atoms with E-state index in [0.717, 1.165) is 0 Å². The third-order valence-corrected chi connectivity index (χ3v) is 4.32. The first-order valence-electron chi connectivity index (χ1n) is 7.37. The van der Waals surface area contributed by atoms with Crippen molar-refractivity contribution in [3.05, 3.63) is 35.9 Å². The van der Waals surface area contributed by atoms with E-state index in [1.54, 1.807) is 0 Å². The topological polar surface area (TPSA) is 20.5 Å². The van der Waals surface area contributed by atoms with Crippen molar-refractivity contribution in [2.45, 2.75) is 52.1 Å². The second kappa shape index (κ2) is 4.97. The largest absolute Gasteiger partial charge is 0.302 e. The molecule has 2 aromatic rings. The number of rotatable bonds is 2. The Morgan fingerprint density at radius 3 is 2.95 bits per heavy atom. The minimum Gasteiger partial charge on any atom is -0.302 e. The standard InChI is InChI=1S/C16H23N3/c1-12(2)18-9-5-4-8-14(18)16-17-11-15-13(3)7-6-10-19(15)16/h6-7,10-12,14H,4-5,8-9H2,1-3H3.